The van der Waals surface area contributed by atoms with Crippen molar-refractivity contribution in [3.05, 3.63) is 18.7 Å². The van der Waals surface area contributed by atoms with Gasteiger partial charge in [0, 0.05) is 25.5 Å². The molecule has 0 radical (unpaired) electrons. The van der Waals surface area contributed by atoms with Gasteiger partial charge >= 0.3 is 6.16 Å². The minimum atomic E-state index is -1.45. The highest BCUT2D eigenvalue weighted by atomic mass is 16.7. The second kappa shape index (κ2) is 6.44. The van der Waals surface area contributed by atoms with E-state index in [-0.39, 0.29) is 0 Å². The fourth-order valence-corrected chi connectivity index (χ4v) is 1.09. The van der Waals surface area contributed by atoms with Crippen LogP contribution in [0.5, 0.6) is 0 Å². The fraction of sp³-hybridized carbons (Fsp3) is 0.444. The highest BCUT2D eigenvalue weighted by molar-refractivity contribution is 5.78. The molecule has 0 unspecified atom stereocenters. The number of carbonyl (C=O) groups is 2. The standard InChI is InChI=1S/C9H13N3O4/c13-8(6-16-9(14)15)11-2-1-4-12-5-3-10-7-12/h3,5,7H,1-2,4,6H2,(H,11,13)(H,14,15). The van der Waals surface area contributed by atoms with Crippen LogP contribution in [0, 0.1) is 0 Å². The van der Waals surface area contributed by atoms with E-state index in [9.17, 15) is 9.59 Å². The molecular formula is C9H13N3O4. The largest absolute Gasteiger partial charge is 0.506 e. The van der Waals surface area contributed by atoms with Crippen molar-refractivity contribution in [1.29, 1.82) is 0 Å². The van der Waals surface area contributed by atoms with E-state index in [4.69, 9.17) is 5.11 Å². The Labute approximate surface area is 92.0 Å². The highest BCUT2D eigenvalue weighted by Gasteiger charge is 2.03. The van der Waals surface area contributed by atoms with E-state index in [1.807, 2.05) is 10.8 Å². The number of nitrogens with zero attached hydrogens (tertiary/aromatic N) is 2. The average Bonchev–Trinajstić information content (AvgIpc) is 2.74. The van der Waals surface area contributed by atoms with Crippen molar-refractivity contribution in [2.75, 3.05) is 13.2 Å². The maximum Gasteiger partial charge on any atom is 0.506 e. The van der Waals surface area contributed by atoms with Crippen molar-refractivity contribution in [2.24, 2.45) is 0 Å². The number of ether oxygens (including phenoxy) is 1. The molecule has 0 spiro atoms. The van der Waals surface area contributed by atoms with Crippen LogP contribution in [-0.4, -0.2) is 39.9 Å². The van der Waals surface area contributed by atoms with E-state index in [1.54, 1.807) is 12.5 Å². The molecule has 0 fully saturated rings. The Bertz CT molecular complexity index is 337. The molecule has 0 bridgehead atoms. The number of amides is 1. The predicted octanol–water partition coefficient (Wildman–Crippen LogP) is 0.0840. The number of hydrogen-bond acceptors (Lipinski definition) is 4. The summed E-state index contributed by atoms with van der Waals surface area (Å²) >= 11 is 0. The van der Waals surface area contributed by atoms with Crippen LogP contribution in [0.25, 0.3) is 0 Å². The van der Waals surface area contributed by atoms with Crippen LogP contribution in [0.3, 0.4) is 0 Å². The third-order valence-electron chi connectivity index (χ3n) is 1.80. The number of carboxylic acid groups (broad SMARTS) is 1. The first-order chi connectivity index (χ1) is 7.68. The molecular weight excluding hydrogens is 214 g/mol. The van der Waals surface area contributed by atoms with Crippen LogP contribution >= 0.6 is 0 Å². The van der Waals surface area contributed by atoms with Gasteiger partial charge in [-0.15, -0.1) is 0 Å². The predicted molar refractivity (Wildman–Crippen MR) is 53.8 cm³/mol. The summed E-state index contributed by atoms with van der Waals surface area (Å²) in [7, 11) is 0. The summed E-state index contributed by atoms with van der Waals surface area (Å²) in [5.74, 6) is -0.437. The van der Waals surface area contributed by atoms with Crippen molar-refractivity contribution < 1.29 is 19.4 Å². The second-order valence-electron chi connectivity index (χ2n) is 3.06. The monoisotopic (exact) mass is 227 g/mol. The van der Waals surface area contributed by atoms with Crippen LogP contribution in [0.2, 0.25) is 0 Å². The van der Waals surface area contributed by atoms with E-state index in [1.165, 1.54) is 0 Å². The summed E-state index contributed by atoms with van der Waals surface area (Å²) in [6.45, 7) is 0.764. The van der Waals surface area contributed by atoms with Crippen molar-refractivity contribution in [2.45, 2.75) is 13.0 Å². The average molecular weight is 227 g/mol. The molecule has 0 aromatic carbocycles. The van der Waals surface area contributed by atoms with Gasteiger partial charge < -0.3 is 19.7 Å². The number of aromatic nitrogens is 2. The number of rotatable bonds is 6. The molecule has 7 nitrogen and oxygen atoms in total. The van der Waals surface area contributed by atoms with Gasteiger partial charge in [0.15, 0.2) is 6.61 Å². The van der Waals surface area contributed by atoms with Gasteiger partial charge in [0.05, 0.1) is 6.33 Å². The Morgan fingerprint density at radius 3 is 2.94 bits per heavy atom. The van der Waals surface area contributed by atoms with E-state index in [0.717, 1.165) is 13.0 Å². The van der Waals surface area contributed by atoms with Crippen LogP contribution in [0.1, 0.15) is 6.42 Å². The maximum atomic E-state index is 11.0. The van der Waals surface area contributed by atoms with Crippen molar-refractivity contribution in [3.8, 4) is 0 Å². The SMILES string of the molecule is O=C(COC(=O)O)NCCCn1ccnc1. The zero-order valence-electron chi connectivity index (χ0n) is 8.63. The van der Waals surface area contributed by atoms with Gasteiger partial charge in [-0.2, -0.15) is 0 Å². The summed E-state index contributed by atoms with van der Waals surface area (Å²) in [6.07, 6.45) is 4.49. The number of aryl methyl sites for hydroxylation is 1. The lowest BCUT2D eigenvalue weighted by Gasteiger charge is -2.05. The van der Waals surface area contributed by atoms with E-state index >= 15 is 0 Å². The van der Waals surface area contributed by atoms with Crippen molar-refractivity contribution in [1.82, 2.24) is 14.9 Å². The molecule has 7 heteroatoms. The number of imidazole rings is 1. The summed E-state index contributed by atoms with van der Waals surface area (Å²) in [4.78, 5) is 24.8. The van der Waals surface area contributed by atoms with Gasteiger partial charge in [-0.3, -0.25) is 4.79 Å². The van der Waals surface area contributed by atoms with Crippen molar-refractivity contribution in [3.63, 3.8) is 0 Å². The van der Waals surface area contributed by atoms with Crippen LogP contribution < -0.4 is 5.32 Å². The molecule has 1 aromatic rings. The second-order valence-corrected chi connectivity index (χ2v) is 3.06. The minimum Gasteiger partial charge on any atom is -0.450 e. The first kappa shape index (κ1) is 12.0. The molecule has 0 saturated carbocycles. The summed E-state index contributed by atoms with van der Waals surface area (Å²) in [6, 6.07) is 0. The van der Waals surface area contributed by atoms with Crippen molar-refractivity contribution >= 4 is 12.1 Å². The maximum absolute atomic E-state index is 11.0. The lowest BCUT2D eigenvalue weighted by molar-refractivity contribution is -0.124. The molecule has 1 rings (SSSR count). The van der Waals surface area contributed by atoms with Gasteiger partial charge in [-0.05, 0) is 6.42 Å². The van der Waals surface area contributed by atoms with Gasteiger partial charge in [-0.1, -0.05) is 0 Å². The summed E-state index contributed by atoms with van der Waals surface area (Å²) in [5.41, 5.74) is 0. The molecule has 1 heterocycles. The normalized spacial score (nSPS) is 9.75. The third kappa shape index (κ3) is 4.99. The Morgan fingerprint density at radius 1 is 1.50 bits per heavy atom. The molecule has 88 valence electrons. The Morgan fingerprint density at radius 2 is 2.31 bits per heavy atom. The van der Waals surface area contributed by atoms with Crippen LogP contribution in [-0.2, 0) is 16.1 Å². The molecule has 1 aromatic heterocycles. The Hall–Kier alpha value is -2.05. The molecule has 0 aliphatic heterocycles. The highest BCUT2D eigenvalue weighted by Crippen LogP contribution is 1.89. The minimum absolute atomic E-state index is 0.437. The molecule has 0 atom stereocenters. The number of carbonyl (C=O) groups excluding carboxylic acids is 1. The topological polar surface area (TPSA) is 93.5 Å². The first-order valence-corrected chi connectivity index (χ1v) is 4.76. The molecule has 0 aliphatic rings. The lowest BCUT2D eigenvalue weighted by Crippen LogP contribution is -2.29. The van der Waals surface area contributed by atoms with E-state index in [2.05, 4.69) is 15.0 Å². The number of nitrogens with one attached hydrogen (secondary N) is 1. The fourth-order valence-electron chi connectivity index (χ4n) is 1.09. The summed E-state index contributed by atoms with van der Waals surface area (Å²) in [5, 5.41) is 10.7. The molecule has 1 amide bonds. The van der Waals surface area contributed by atoms with E-state index in [0.29, 0.717) is 6.54 Å². The molecule has 16 heavy (non-hydrogen) atoms. The van der Waals surface area contributed by atoms with Gasteiger partial charge in [0.25, 0.3) is 5.91 Å². The molecule has 0 saturated heterocycles. The van der Waals surface area contributed by atoms with Gasteiger partial charge in [-0.25, -0.2) is 9.78 Å². The molecule has 0 aliphatic carbocycles. The third-order valence-corrected chi connectivity index (χ3v) is 1.80. The van der Waals surface area contributed by atoms with Crippen LogP contribution in [0.4, 0.5) is 4.79 Å². The van der Waals surface area contributed by atoms with Gasteiger partial charge in [0.1, 0.15) is 0 Å². The zero-order chi connectivity index (χ0) is 11.8. The Balaban J connectivity index is 2.02. The zero-order valence-corrected chi connectivity index (χ0v) is 8.63. The van der Waals surface area contributed by atoms with Gasteiger partial charge in [0.2, 0.25) is 0 Å². The van der Waals surface area contributed by atoms with Crippen LogP contribution in [0.15, 0.2) is 18.7 Å². The smallest absolute Gasteiger partial charge is 0.450 e. The summed E-state index contributed by atoms with van der Waals surface area (Å²) < 4.78 is 5.98. The Kier molecular flexibility index (Phi) is 4.84. The van der Waals surface area contributed by atoms with E-state index < -0.39 is 18.7 Å². The first-order valence-electron chi connectivity index (χ1n) is 4.76. The quantitative estimate of drug-likeness (QED) is 0.530. The lowest BCUT2D eigenvalue weighted by atomic mass is 10.4. The molecule has 2 N–H and O–H groups in total. The number of hydrogen-bond donors (Lipinski definition) is 2.